The summed E-state index contributed by atoms with van der Waals surface area (Å²) in [7, 11) is 0. The van der Waals surface area contributed by atoms with Crippen molar-refractivity contribution < 1.29 is 9.90 Å². The summed E-state index contributed by atoms with van der Waals surface area (Å²) >= 11 is 1.50. The zero-order valence-corrected chi connectivity index (χ0v) is 8.49. The molecule has 15 heavy (non-hydrogen) atoms. The number of carboxylic acid groups (broad SMARTS) is 1. The average molecular weight is 220 g/mol. The van der Waals surface area contributed by atoms with Crippen LogP contribution < -0.4 is 5.73 Å². The maximum absolute atomic E-state index is 10.8. The van der Waals surface area contributed by atoms with E-state index in [9.17, 15) is 4.79 Å². The lowest BCUT2D eigenvalue weighted by molar-refractivity contribution is 0.0697. The van der Waals surface area contributed by atoms with Crippen LogP contribution in [0, 0.1) is 0 Å². The average Bonchev–Trinajstić information content (AvgIpc) is 2.70. The topological polar surface area (TPSA) is 76.2 Å². The quantitative estimate of drug-likeness (QED) is 0.812. The van der Waals surface area contributed by atoms with E-state index in [1.165, 1.54) is 17.5 Å². The molecule has 0 amide bonds. The third-order valence-corrected chi connectivity index (χ3v) is 2.91. The molecule has 5 heteroatoms. The summed E-state index contributed by atoms with van der Waals surface area (Å²) in [5.41, 5.74) is 6.74. The maximum atomic E-state index is 10.8. The van der Waals surface area contributed by atoms with Gasteiger partial charge in [0.05, 0.1) is 5.69 Å². The van der Waals surface area contributed by atoms with E-state index in [1.807, 2.05) is 17.5 Å². The smallest absolute Gasteiger partial charge is 0.339 e. The van der Waals surface area contributed by atoms with Gasteiger partial charge < -0.3 is 10.8 Å². The molecule has 0 saturated carbocycles. The standard InChI is InChI=1S/C10H8N2O2S/c11-9-6(8-2-1-3-15-8)4-12-5-7(9)10(13)14/h1-5H,(H2,11,12)(H,13,14). The fourth-order valence-corrected chi connectivity index (χ4v) is 2.02. The van der Waals surface area contributed by atoms with Crippen LogP contribution in [0.5, 0.6) is 0 Å². The second kappa shape index (κ2) is 3.70. The minimum atomic E-state index is -1.06. The summed E-state index contributed by atoms with van der Waals surface area (Å²) < 4.78 is 0. The Morgan fingerprint density at radius 2 is 2.27 bits per heavy atom. The Kier molecular flexibility index (Phi) is 2.39. The summed E-state index contributed by atoms with van der Waals surface area (Å²) in [6.07, 6.45) is 2.84. The van der Waals surface area contributed by atoms with Crippen molar-refractivity contribution >= 4 is 23.0 Å². The molecule has 0 saturated heterocycles. The predicted octanol–water partition coefficient (Wildman–Crippen LogP) is 2.09. The zero-order chi connectivity index (χ0) is 10.8. The number of nitrogens with zero attached hydrogens (tertiary/aromatic N) is 1. The molecular formula is C10H8N2O2S. The van der Waals surface area contributed by atoms with Crippen LogP contribution in [-0.4, -0.2) is 16.1 Å². The fourth-order valence-electron chi connectivity index (χ4n) is 1.27. The Hall–Kier alpha value is -1.88. The van der Waals surface area contributed by atoms with Crippen LogP contribution >= 0.6 is 11.3 Å². The first-order chi connectivity index (χ1) is 7.20. The summed E-state index contributed by atoms with van der Waals surface area (Å²) in [5, 5.41) is 10.8. The second-order valence-corrected chi connectivity index (χ2v) is 3.88. The molecule has 0 aliphatic rings. The van der Waals surface area contributed by atoms with Crippen molar-refractivity contribution in [1.29, 1.82) is 0 Å². The molecule has 0 fully saturated rings. The van der Waals surface area contributed by atoms with Gasteiger partial charge in [0.1, 0.15) is 5.56 Å². The van der Waals surface area contributed by atoms with E-state index in [0.717, 1.165) is 4.88 Å². The van der Waals surface area contributed by atoms with E-state index in [2.05, 4.69) is 4.98 Å². The van der Waals surface area contributed by atoms with E-state index in [0.29, 0.717) is 5.56 Å². The Labute approximate surface area is 90.0 Å². The van der Waals surface area contributed by atoms with Crippen molar-refractivity contribution in [1.82, 2.24) is 4.98 Å². The highest BCUT2D eigenvalue weighted by Crippen LogP contribution is 2.30. The number of nitrogen functional groups attached to an aromatic ring is 1. The first kappa shape index (κ1) is 9.67. The van der Waals surface area contributed by atoms with Gasteiger partial charge in [0.2, 0.25) is 0 Å². The number of aromatic carboxylic acids is 1. The Balaban J connectivity index is 2.59. The molecule has 2 aromatic heterocycles. The van der Waals surface area contributed by atoms with Gasteiger partial charge in [-0.2, -0.15) is 0 Å². The SMILES string of the molecule is Nc1c(C(=O)O)cncc1-c1cccs1. The summed E-state index contributed by atoms with van der Waals surface area (Å²) in [6, 6.07) is 3.76. The van der Waals surface area contributed by atoms with Crippen LogP contribution in [0.25, 0.3) is 10.4 Å². The Morgan fingerprint density at radius 3 is 2.87 bits per heavy atom. The highest BCUT2D eigenvalue weighted by atomic mass is 32.1. The van der Waals surface area contributed by atoms with Crippen LogP contribution in [0.3, 0.4) is 0 Å². The molecule has 0 aliphatic heterocycles. The largest absolute Gasteiger partial charge is 0.478 e. The summed E-state index contributed by atoms with van der Waals surface area (Å²) in [4.78, 5) is 15.6. The fraction of sp³-hybridized carbons (Fsp3) is 0. The van der Waals surface area contributed by atoms with Crippen molar-refractivity contribution in [3.63, 3.8) is 0 Å². The number of thiophene rings is 1. The lowest BCUT2D eigenvalue weighted by atomic mass is 10.1. The van der Waals surface area contributed by atoms with Gasteiger partial charge in [-0.25, -0.2) is 4.79 Å². The van der Waals surface area contributed by atoms with Crippen molar-refractivity contribution in [2.24, 2.45) is 0 Å². The molecule has 0 aromatic carbocycles. The van der Waals surface area contributed by atoms with E-state index < -0.39 is 5.97 Å². The number of anilines is 1. The van der Waals surface area contributed by atoms with E-state index in [-0.39, 0.29) is 11.3 Å². The van der Waals surface area contributed by atoms with Gasteiger partial charge in [-0.05, 0) is 11.4 Å². The van der Waals surface area contributed by atoms with Gasteiger partial charge >= 0.3 is 5.97 Å². The number of rotatable bonds is 2. The minimum absolute atomic E-state index is 0.0425. The van der Waals surface area contributed by atoms with Crippen molar-refractivity contribution in [3.8, 4) is 10.4 Å². The van der Waals surface area contributed by atoms with Gasteiger partial charge in [0, 0.05) is 22.8 Å². The molecule has 0 radical (unpaired) electrons. The number of pyridine rings is 1. The number of nitrogens with two attached hydrogens (primary N) is 1. The van der Waals surface area contributed by atoms with E-state index in [1.54, 1.807) is 6.20 Å². The van der Waals surface area contributed by atoms with Crippen LogP contribution in [0.1, 0.15) is 10.4 Å². The minimum Gasteiger partial charge on any atom is -0.478 e. The van der Waals surface area contributed by atoms with Gasteiger partial charge in [0.15, 0.2) is 0 Å². The summed E-state index contributed by atoms with van der Waals surface area (Å²) in [6.45, 7) is 0. The van der Waals surface area contributed by atoms with Crippen LogP contribution in [-0.2, 0) is 0 Å². The normalized spacial score (nSPS) is 10.1. The van der Waals surface area contributed by atoms with Gasteiger partial charge in [-0.15, -0.1) is 11.3 Å². The molecule has 0 bridgehead atoms. The molecule has 3 N–H and O–H groups in total. The zero-order valence-electron chi connectivity index (χ0n) is 7.68. The van der Waals surface area contributed by atoms with E-state index >= 15 is 0 Å². The molecule has 0 atom stereocenters. The first-order valence-electron chi connectivity index (χ1n) is 4.21. The highest BCUT2D eigenvalue weighted by Gasteiger charge is 2.13. The molecule has 4 nitrogen and oxygen atoms in total. The molecule has 0 aliphatic carbocycles. The molecule has 2 heterocycles. The number of aromatic nitrogens is 1. The van der Waals surface area contributed by atoms with Crippen LogP contribution in [0.4, 0.5) is 5.69 Å². The number of carbonyl (C=O) groups is 1. The molecular weight excluding hydrogens is 212 g/mol. The molecule has 2 aromatic rings. The van der Waals surface area contributed by atoms with Gasteiger partial charge in [0.25, 0.3) is 0 Å². The first-order valence-corrected chi connectivity index (χ1v) is 5.08. The maximum Gasteiger partial charge on any atom is 0.339 e. The molecule has 2 rings (SSSR count). The molecule has 0 spiro atoms. The number of hydrogen-bond acceptors (Lipinski definition) is 4. The Bertz CT molecular complexity index is 494. The molecule has 0 unspecified atom stereocenters. The van der Waals surface area contributed by atoms with Crippen molar-refractivity contribution in [3.05, 3.63) is 35.5 Å². The van der Waals surface area contributed by atoms with Crippen molar-refractivity contribution in [2.45, 2.75) is 0 Å². The Morgan fingerprint density at radius 1 is 1.47 bits per heavy atom. The number of carboxylic acids is 1. The number of hydrogen-bond donors (Lipinski definition) is 2. The molecule has 76 valence electrons. The van der Waals surface area contributed by atoms with Crippen LogP contribution in [0.15, 0.2) is 29.9 Å². The second-order valence-electron chi connectivity index (χ2n) is 2.93. The predicted molar refractivity (Wildman–Crippen MR) is 58.9 cm³/mol. The lowest BCUT2D eigenvalue weighted by Gasteiger charge is -2.05. The summed E-state index contributed by atoms with van der Waals surface area (Å²) in [5.74, 6) is -1.06. The highest BCUT2D eigenvalue weighted by molar-refractivity contribution is 7.13. The lowest BCUT2D eigenvalue weighted by Crippen LogP contribution is -2.04. The van der Waals surface area contributed by atoms with Crippen molar-refractivity contribution in [2.75, 3.05) is 5.73 Å². The van der Waals surface area contributed by atoms with Gasteiger partial charge in [-0.1, -0.05) is 6.07 Å². The third-order valence-electron chi connectivity index (χ3n) is 2.00. The monoisotopic (exact) mass is 220 g/mol. The van der Waals surface area contributed by atoms with E-state index in [4.69, 9.17) is 10.8 Å². The third kappa shape index (κ3) is 1.69. The van der Waals surface area contributed by atoms with Gasteiger partial charge in [-0.3, -0.25) is 4.98 Å². The van der Waals surface area contributed by atoms with Crippen LogP contribution in [0.2, 0.25) is 0 Å².